The van der Waals surface area contributed by atoms with Gasteiger partial charge >= 0.3 is 0 Å². The topological polar surface area (TPSA) is 87.7 Å². The van der Waals surface area contributed by atoms with Crippen molar-refractivity contribution in [2.24, 2.45) is 11.5 Å². The Kier molecular flexibility index (Phi) is 5.34. The summed E-state index contributed by atoms with van der Waals surface area (Å²) in [6, 6.07) is 3.86. The molecule has 0 radical (unpaired) electrons. The number of aromatic nitrogens is 4. The van der Waals surface area contributed by atoms with Gasteiger partial charge in [-0.05, 0) is 64.3 Å². The van der Waals surface area contributed by atoms with Gasteiger partial charge in [-0.1, -0.05) is 0 Å². The number of nitrogens with two attached hydrogens (primary N) is 2. The molecule has 2 heterocycles. The van der Waals surface area contributed by atoms with Crippen LogP contribution < -0.4 is 11.5 Å². The summed E-state index contributed by atoms with van der Waals surface area (Å²) in [6.07, 6.45) is 0. The molecule has 108 valence electrons. The third kappa shape index (κ3) is 4.10. The van der Waals surface area contributed by atoms with Crippen LogP contribution in [0.2, 0.25) is 0 Å². The van der Waals surface area contributed by atoms with E-state index in [1.165, 1.54) is 0 Å². The van der Waals surface area contributed by atoms with Gasteiger partial charge in [0.25, 0.3) is 0 Å². The van der Waals surface area contributed by atoms with Crippen LogP contribution in [0.5, 0.6) is 0 Å². The molecule has 0 aliphatic rings. The first kappa shape index (κ1) is 16.3. The van der Waals surface area contributed by atoms with Gasteiger partial charge in [0.15, 0.2) is 10.2 Å². The van der Waals surface area contributed by atoms with E-state index in [1.54, 1.807) is 9.36 Å². The Bertz CT molecular complexity index is 584. The first-order chi connectivity index (χ1) is 9.22. The van der Waals surface area contributed by atoms with Gasteiger partial charge in [0.2, 0.25) is 0 Å². The Morgan fingerprint density at radius 2 is 1.15 bits per heavy atom. The van der Waals surface area contributed by atoms with E-state index in [1.807, 2.05) is 39.8 Å². The predicted octanol–water partition coefficient (Wildman–Crippen LogP) is 1.18. The van der Waals surface area contributed by atoms with Gasteiger partial charge in [-0.15, -0.1) is 0 Å². The zero-order valence-corrected chi connectivity index (χ0v) is 13.5. The molecule has 2 rings (SSSR count). The molecule has 0 atom stereocenters. The third-order valence-corrected chi connectivity index (χ3v) is 2.78. The second-order valence-electron chi connectivity index (χ2n) is 4.35. The lowest BCUT2D eigenvalue weighted by atomic mass is 10.4. The molecule has 4 N–H and O–H groups in total. The molecule has 2 aromatic rings. The highest BCUT2D eigenvalue weighted by molar-refractivity contribution is 7.80. The van der Waals surface area contributed by atoms with E-state index in [-0.39, 0.29) is 0 Å². The van der Waals surface area contributed by atoms with Crippen molar-refractivity contribution in [3.8, 4) is 0 Å². The maximum absolute atomic E-state index is 5.36. The normalized spacial score (nSPS) is 9.80. The maximum atomic E-state index is 5.36. The van der Waals surface area contributed by atoms with Crippen molar-refractivity contribution in [2.75, 3.05) is 0 Å². The molecule has 0 fully saturated rings. The Balaban J connectivity index is 0.000000200. The third-order valence-electron chi connectivity index (χ3n) is 2.44. The molecule has 0 unspecified atom stereocenters. The summed E-state index contributed by atoms with van der Waals surface area (Å²) < 4.78 is 3.09. The Morgan fingerprint density at radius 3 is 1.25 bits per heavy atom. The highest BCUT2D eigenvalue weighted by Gasteiger charge is 2.01. The summed E-state index contributed by atoms with van der Waals surface area (Å²) in [5.74, 6) is 0. The van der Waals surface area contributed by atoms with Gasteiger partial charge in [-0.2, -0.15) is 10.2 Å². The van der Waals surface area contributed by atoms with Gasteiger partial charge in [-0.25, -0.2) is 9.36 Å². The molecule has 0 spiro atoms. The van der Waals surface area contributed by atoms with E-state index in [9.17, 15) is 0 Å². The second kappa shape index (κ2) is 6.58. The summed E-state index contributed by atoms with van der Waals surface area (Å²) in [4.78, 5) is 0. The first-order valence-electron chi connectivity index (χ1n) is 5.88. The van der Waals surface area contributed by atoms with Crippen LogP contribution in [0, 0.1) is 27.7 Å². The standard InChI is InChI=1S/2C6H9N3S/c2*1-4-3-5(2)9(8-4)6(7)10/h2*3H,1-2H3,(H2,7,10). The van der Waals surface area contributed by atoms with E-state index >= 15 is 0 Å². The lowest BCUT2D eigenvalue weighted by Gasteiger charge is -1.97. The average molecular weight is 310 g/mol. The molecular weight excluding hydrogens is 292 g/mol. The smallest absolute Gasteiger partial charge is 0.191 e. The van der Waals surface area contributed by atoms with Crippen LogP contribution in [-0.4, -0.2) is 29.8 Å². The predicted molar refractivity (Wildman–Crippen MR) is 87.8 cm³/mol. The largest absolute Gasteiger partial charge is 0.374 e. The molecule has 0 bridgehead atoms. The number of thiocarbonyl (C=S) groups is 2. The van der Waals surface area contributed by atoms with Gasteiger partial charge < -0.3 is 11.5 Å². The highest BCUT2D eigenvalue weighted by atomic mass is 32.1. The molecule has 0 saturated carbocycles. The monoisotopic (exact) mass is 310 g/mol. The molecule has 0 aromatic carbocycles. The van der Waals surface area contributed by atoms with Gasteiger partial charge in [-0.3, -0.25) is 0 Å². The van der Waals surface area contributed by atoms with Crippen molar-refractivity contribution >= 4 is 34.7 Å². The van der Waals surface area contributed by atoms with Crippen molar-refractivity contribution in [1.29, 1.82) is 0 Å². The molecule has 6 nitrogen and oxygen atoms in total. The number of hydrogen-bond acceptors (Lipinski definition) is 4. The van der Waals surface area contributed by atoms with E-state index in [0.29, 0.717) is 10.2 Å². The van der Waals surface area contributed by atoms with E-state index in [0.717, 1.165) is 22.8 Å². The van der Waals surface area contributed by atoms with E-state index in [2.05, 4.69) is 10.2 Å². The first-order valence-corrected chi connectivity index (χ1v) is 6.70. The fourth-order valence-electron chi connectivity index (χ4n) is 1.70. The fraction of sp³-hybridized carbons (Fsp3) is 0.333. The highest BCUT2D eigenvalue weighted by Crippen LogP contribution is 2.00. The minimum Gasteiger partial charge on any atom is -0.374 e. The molecule has 2 aromatic heterocycles. The molecule has 8 heteroatoms. The number of aryl methyl sites for hydroxylation is 4. The zero-order chi connectivity index (χ0) is 15.4. The lowest BCUT2D eigenvalue weighted by molar-refractivity contribution is 0.886. The van der Waals surface area contributed by atoms with Crippen molar-refractivity contribution in [3.05, 3.63) is 34.9 Å². The number of hydrogen-bond donors (Lipinski definition) is 2. The van der Waals surface area contributed by atoms with E-state index in [4.69, 9.17) is 35.9 Å². The summed E-state index contributed by atoms with van der Waals surface area (Å²) in [6.45, 7) is 7.64. The van der Waals surface area contributed by atoms with Gasteiger partial charge in [0.05, 0.1) is 11.4 Å². The molecule has 0 amide bonds. The summed E-state index contributed by atoms with van der Waals surface area (Å²) in [7, 11) is 0. The number of rotatable bonds is 0. The summed E-state index contributed by atoms with van der Waals surface area (Å²) in [5.41, 5.74) is 14.5. The van der Waals surface area contributed by atoms with Crippen molar-refractivity contribution in [3.63, 3.8) is 0 Å². The van der Waals surface area contributed by atoms with Crippen molar-refractivity contribution < 1.29 is 0 Å². The Hall–Kier alpha value is -1.80. The van der Waals surface area contributed by atoms with Gasteiger partial charge in [0, 0.05) is 11.4 Å². The zero-order valence-electron chi connectivity index (χ0n) is 11.9. The van der Waals surface area contributed by atoms with Crippen molar-refractivity contribution in [2.45, 2.75) is 27.7 Å². The molecule has 0 aliphatic carbocycles. The van der Waals surface area contributed by atoms with E-state index < -0.39 is 0 Å². The quantitative estimate of drug-likeness (QED) is 0.711. The minimum atomic E-state index is 0.297. The number of nitrogens with zero attached hydrogens (tertiary/aromatic N) is 4. The lowest BCUT2D eigenvalue weighted by Crippen LogP contribution is -2.21. The van der Waals surface area contributed by atoms with Crippen LogP contribution in [0.1, 0.15) is 22.8 Å². The van der Waals surface area contributed by atoms with Crippen LogP contribution in [0.3, 0.4) is 0 Å². The maximum Gasteiger partial charge on any atom is 0.191 e. The van der Waals surface area contributed by atoms with Crippen LogP contribution in [0.4, 0.5) is 0 Å². The van der Waals surface area contributed by atoms with Crippen molar-refractivity contribution in [1.82, 2.24) is 19.6 Å². The van der Waals surface area contributed by atoms with Gasteiger partial charge in [0.1, 0.15) is 0 Å². The molecule has 20 heavy (non-hydrogen) atoms. The van der Waals surface area contributed by atoms with Crippen LogP contribution in [0.25, 0.3) is 0 Å². The summed E-state index contributed by atoms with van der Waals surface area (Å²) in [5, 5.41) is 8.71. The molecule has 0 aliphatic heterocycles. The van der Waals surface area contributed by atoms with Crippen LogP contribution >= 0.6 is 24.4 Å². The summed E-state index contributed by atoms with van der Waals surface area (Å²) >= 11 is 9.48. The van der Waals surface area contributed by atoms with Crippen LogP contribution in [0.15, 0.2) is 12.1 Å². The average Bonchev–Trinajstić information content (AvgIpc) is 2.82. The Labute approximate surface area is 128 Å². The van der Waals surface area contributed by atoms with Crippen LogP contribution in [-0.2, 0) is 0 Å². The second-order valence-corrected chi connectivity index (χ2v) is 5.19. The minimum absolute atomic E-state index is 0.297. The molecule has 0 saturated heterocycles. The fourth-order valence-corrected chi connectivity index (χ4v) is 2.07. The SMILES string of the molecule is Cc1cc(C)n(C(N)=S)n1.Cc1cc(C)n(C(N)=S)n1. The Morgan fingerprint density at radius 1 is 0.850 bits per heavy atom. The molecular formula is C12H18N6S2.